The molecule has 0 spiro atoms. The summed E-state index contributed by atoms with van der Waals surface area (Å²) in [5.41, 5.74) is 0.960. The lowest BCUT2D eigenvalue weighted by Crippen LogP contribution is -2.27. The first kappa shape index (κ1) is 20.6. The molecule has 1 atom stereocenters. The van der Waals surface area contributed by atoms with E-state index in [1.54, 1.807) is 13.0 Å². The van der Waals surface area contributed by atoms with E-state index in [-0.39, 0.29) is 23.6 Å². The second-order valence-corrected chi connectivity index (χ2v) is 6.83. The molecule has 1 fully saturated rings. The third-order valence-corrected chi connectivity index (χ3v) is 4.33. The Hall–Kier alpha value is -3.17. The lowest BCUT2D eigenvalue weighted by molar-refractivity contribution is -0.117. The van der Waals surface area contributed by atoms with Gasteiger partial charge in [0.25, 0.3) is 5.91 Å². The molecule has 0 aromatic carbocycles. The van der Waals surface area contributed by atoms with Crippen LogP contribution in [0.5, 0.6) is 0 Å². The van der Waals surface area contributed by atoms with Crippen molar-refractivity contribution in [1.29, 1.82) is 0 Å². The molecule has 2 amide bonds. The summed E-state index contributed by atoms with van der Waals surface area (Å²) in [6, 6.07) is 5.60. The van der Waals surface area contributed by atoms with Crippen molar-refractivity contribution in [3.05, 3.63) is 47.8 Å². The zero-order chi connectivity index (χ0) is 21.0. The molecule has 3 rings (SSSR count). The first-order valence-corrected chi connectivity index (χ1v) is 9.05. The molecule has 0 radical (unpaired) electrons. The summed E-state index contributed by atoms with van der Waals surface area (Å²) in [7, 11) is 0. The third kappa shape index (κ3) is 6.16. The van der Waals surface area contributed by atoms with Crippen LogP contribution >= 0.6 is 0 Å². The van der Waals surface area contributed by atoms with Gasteiger partial charge in [0.2, 0.25) is 5.91 Å². The quantitative estimate of drug-likeness (QED) is 0.655. The molecule has 7 nitrogen and oxygen atoms in total. The standard InChI is InChI=1S/C19H20F3N5O2/c1-11(14-4-5-15(24-9-14)25-10-19(20,21)22)26-18(29)13-6-7-23-16(8-13)27-17(28)12-2-3-12/h4-9,11-12H,2-3,10H2,1H3,(H,24,25)(H,26,29)(H,23,27,28). The van der Waals surface area contributed by atoms with E-state index in [1.165, 1.54) is 30.6 Å². The highest BCUT2D eigenvalue weighted by atomic mass is 19.4. The molecule has 2 aromatic heterocycles. The number of carbonyl (C=O) groups is 2. The van der Waals surface area contributed by atoms with Crippen LogP contribution in [0.3, 0.4) is 0 Å². The number of pyridine rings is 2. The van der Waals surface area contributed by atoms with Crippen LogP contribution in [0.2, 0.25) is 0 Å². The first-order chi connectivity index (χ1) is 13.7. The average Bonchev–Trinajstić information content (AvgIpc) is 3.52. The van der Waals surface area contributed by atoms with Crippen molar-refractivity contribution < 1.29 is 22.8 Å². The van der Waals surface area contributed by atoms with E-state index >= 15 is 0 Å². The Morgan fingerprint density at radius 1 is 1.17 bits per heavy atom. The Kier molecular flexibility index (Phi) is 6.00. The minimum absolute atomic E-state index is 0.0235. The van der Waals surface area contributed by atoms with Gasteiger partial charge in [-0.05, 0) is 43.5 Å². The molecule has 2 heterocycles. The Morgan fingerprint density at radius 2 is 1.93 bits per heavy atom. The predicted molar refractivity (Wildman–Crippen MR) is 100 cm³/mol. The van der Waals surface area contributed by atoms with Gasteiger partial charge >= 0.3 is 6.18 Å². The van der Waals surface area contributed by atoms with Gasteiger partial charge in [-0.25, -0.2) is 9.97 Å². The Labute approximate surface area is 165 Å². The fourth-order valence-electron chi connectivity index (χ4n) is 2.53. The van der Waals surface area contributed by atoms with Crippen LogP contribution in [0.4, 0.5) is 24.8 Å². The maximum Gasteiger partial charge on any atom is 0.405 e. The smallest absolute Gasteiger partial charge is 0.361 e. The molecule has 1 aliphatic rings. The van der Waals surface area contributed by atoms with Crippen LogP contribution < -0.4 is 16.0 Å². The topological polar surface area (TPSA) is 96.0 Å². The van der Waals surface area contributed by atoms with Gasteiger partial charge in [-0.15, -0.1) is 0 Å². The zero-order valence-electron chi connectivity index (χ0n) is 15.6. The van der Waals surface area contributed by atoms with Crippen LogP contribution in [0, 0.1) is 5.92 Å². The number of hydrogen-bond acceptors (Lipinski definition) is 5. The zero-order valence-corrected chi connectivity index (χ0v) is 15.6. The van der Waals surface area contributed by atoms with Gasteiger partial charge in [0.1, 0.15) is 18.2 Å². The van der Waals surface area contributed by atoms with E-state index in [0.717, 1.165) is 12.8 Å². The first-order valence-electron chi connectivity index (χ1n) is 9.05. The molecular weight excluding hydrogens is 387 g/mol. The molecule has 0 aliphatic heterocycles. The predicted octanol–water partition coefficient (Wildman–Crippen LogP) is 3.29. The number of carbonyl (C=O) groups excluding carboxylic acids is 2. The highest BCUT2D eigenvalue weighted by molar-refractivity contribution is 5.97. The SMILES string of the molecule is CC(NC(=O)c1ccnc(NC(=O)C2CC2)c1)c1ccc(NCC(F)(F)F)nc1. The summed E-state index contributed by atoms with van der Waals surface area (Å²) in [4.78, 5) is 32.3. The van der Waals surface area contributed by atoms with Crippen molar-refractivity contribution in [2.75, 3.05) is 17.2 Å². The lowest BCUT2D eigenvalue weighted by atomic mass is 10.1. The highest BCUT2D eigenvalue weighted by Gasteiger charge is 2.30. The van der Waals surface area contributed by atoms with Crippen molar-refractivity contribution in [3.63, 3.8) is 0 Å². The number of aromatic nitrogens is 2. The molecule has 0 bridgehead atoms. The largest absolute Gasteiger partial charge is 0.405 e. The van der Waals surface area contributed by atoms with Crippen molar-refractivity contribution in [1.82, 2.24) is 15.3 Å². The monoisotopic (exact) mass is 407 g/mol. The van der Waals surface area contributed by atoms with Gasteiger partial charge in [0, 0.05) is 23.9 Å². The summed E-state index contributed by atoms with van der Waals surface area (Å²) in [5.74, 6) is -0.0519. The second-order valence-electron chi connectivity index (χ2n) is 6.83. The fraction of sp³-hybridized carbons (Fsp3) is 0.368. The van der Waals surface area contributed by atoms with Crippen molar-refractivity contribution >= 4 is 23.5 Å². The molecule has 1 saturated carbocycles. The molecule has 3 N–H and O–H groups in total. The Balaban J connectivity index is 1.57. The Bertz CT molecular complexity index is 882. The molecular formula is C19H20F3N5O2. The summed E-state index contributed by atoms with van der Waals surface area (Å²) in [5, 5.41) is 7.66. The molecule has 29 heavy (non-hydrogen) atoms. The van der Waals surface area contributed by atoms with Crippen molar-refractivity contribution in [2.24, 2.45) is 5.92 Å². The van der Waals surface area contributed by atoms with E-state index in [0.29, 0.717) is 16.9 Å². The number of alkyl halides is 3. The normalized spacial score (nSPS) is 14.8. The average molecular weight is 407 g/mol. The van der Waals surface area contributed by atoms with Crippen molar-refractivity contribution in [2.45, 2.75) is 32.0 Å². The minimum Gasteiger partial charge on any atom is -0.361 e. The van der Waals surface area contributed by atoms with Gasteiger partial charge in [0.05, 0.1) is 6.04 Å². The summed E-state index contributed by atoms with van der Waals surface area (Å²) in [6.07, 6.45) is 0.232. The van der Waals surface area contributed by atoms with Crippen molar-refractivity contribution in [3.8, 4) is 0 Å². The number of rotatable bonds is 7. The third-order valence-electron chi connectivity index (χ3n) is 4.33. The van der Waals surface area contributed by atoms with Gasteiger partial charge in [-0.3, -0.25) is 9.59 Å². The number of amides is 2. The number of anilines is 2. The van der Waals surface area contributed by atoms with Crippen LogP contribution in [0.1, 0.15) is 41.7 Å². The maximum atomic E-state index is 12.5. The van der Waals surface area contributed by atoms with E-state index < -0.39 is 18.8 Å². The molecule has 0 saturated heterocycles. The number of hydrogen-bond donors (Lipinski definition) is 3. The number of nitrogens with zero attached hydrogens (tertiary/aromatic N) is 2. The van der Waals surface area contributed by atoms with Gasteiger partial charge in [-0.1, -0.05) is 6.07 Å². The number of halogens is 3. The van der Waals surface area contributed by atoms with Crippen LogP contribution in [-0.2, 0) is 4.79 Å². The molecule has 1 aliphatic carbocycles. The summed E-state index contributed by atoms with van der Waals surface area (Å²) < 4.78 is 36.7. The van der Waals surface area contributed by atoms with E-state index in [4.69, 9.17) is 0 Å². The van der Waals surface area contributed by atoms with Crippen LogP contribution in [-0.4, -0.2) is 34.5 Å². The summed E-state index contributed by atoms with van der Waals surface area (Å²) in [6.45, 7) is 0.558. The highest BCUT2D eigenvalue weighted by Crippen LogP contribution is 2.30. The Morgan fingerprint density at radius 3 is 2.55 bits per heavy atom. The second kappa shape index (κ2) is 8.46. The van der Waals surface area contributed by atoms with Gasteiger partial charge in [0.15, 0.2) is 0 Å². The van der Waals surface area contributed by atoms with E-state index in [9.17, 15) is 22.8 Å². The minimum atomic E-state index is -4.33. The summed E-state index contributed by atoms with van der Waals surface area (Å²) >= 11 is 0. The van der Waals surface area contributed by atoms with E-state index in [1.807, 2.05) is 0 Å². The fourth-order valence-corrected chi connectivity index (χ4v) is 2.53. The molecule has 1 unspecified atom stereocenters. The maximum absolute atomic E-state index is 12.5. The molecule has 10 heteroatoms. The van der Waals surface area contributed by atoms with Crippen LogP contribution in [0.15, 0.2) is 36.7 Å². The van der Waals surface area contributed by atoms with Gasteiger partial charge < -0.3 is 16.0 Å². The van der Waals surface area contributed by atoms with Gasteiger partial charge in [-0.2, -0.15) is 13.2 Å². The molecule has 154 valence electrons. The van der Waals surface area contributed by atoms with E-state index in [2.05, 4.69) is 25.9 Å². The van der Waals surface area contributed by atoms with Crippen LogP contribution in [0.25, 0.3) is 0 Å². The lowest BCUT2D eigenvalue weighted by Gasteiger charge is -2.15. The molecule has 2 aromatic rings. The number of nitrogens with one attached hydrogen (secondary N) is 3.